The third-order valence-electron chi connectivity index (χ3n) is 3.45. The van der Waals surface area contributed by atoms with Crippen LogP contribution in [0.15, 0.2) is 74.0 Å². The fourth-order valence-corrected chi connectivity index (χ4v) is 3.80. The van der Waals surface area contributed by atoms with Crippen molar-refractivity contribution in [3.8, 4) is 11.1 Å². The summed E-state index contributed by atoms with van der Waals surface area (Å²) in [6.45, 7) is 0. The van der Waals surface area contributed by atoms with Gasteiger partial charge in [0.05, 0.1) is 21.0 Å². The van der Waals surface area contributed by atoms with Gasteiger partial charge in [0.15, 0.2) is 0 Å². The Morgan fingerprint density at radius 3 is 2.00 bits per heavy atom. The first-order valence-corrected chi connectivity index (χ1v) is 7.91. The van der Waals surface area contributed by atoms with Crippen LogP contribution in [0.25, 0.3) is 11.1 Å². The lowest BCUT2D eigenvalue weighted by Gasteiger charge is -2.13. The van der Waals surface area contributed by atoms with Gasteiger partial charge >= 0.3 is 0 Å². The standard InChI is InChI=1S/C16H11NO4S/c17-14-13(15(18)16(14)19)11-8-4-5-9-12(11)22(20,21)10-6-2-1-3-7-10/h1-9H,17H2. The van der Waals surface area contributed by atoms with Crippen LogP contribution in [-0.4, -0.2) is 8.42 Å². The zero-order valence-corrected chi connectivity index (χ0v) is 12.1. The number of benzene rings is 2. The minimum absolute atomic E-state index is 0.0277. The molecule has 0 atom stereocenters. The van der Waals surface area contributed by atoms with Crippen LogP contribution in [0.1, 0.15) is 0 Å². The number of anilines is 1. The predicted molar refractivity (Wildman–Crippen MR) is 83.1 cm³/mol. The molecule has 22 heavy (non-hydrogen) atoms. The summed E-state index contributed by atoms with van der Waals surface area (Å²) in [4.78, 5) is 23.1. The fourth-order valence-electron chi connectivity index (χ4n) is 2.31. The monoisotopic (exact) mass is 313 g/mol. The Labute approximate surface area is 126 Å². The lowest BCUT2D eigenvalue weighted by Crippen LogP contribution is -2.36. The number of rotatable bonds is 3. The Balaban J connectivity index is 2.27. The highest BCUT2D eigenvalue weighted by Crippen LogP contribution is 2.32. The van der Waals surface area contributed by atoms with Gasteiger partial charge in [-0.2, -0.15) is 0 Å². The molecule has 2 N–H and O–H groups in total. The molecule has 5 nitrogen and oxygen atoms in total. The average molecular weight is 313 g/mol. The first-order valence-electron chi connectivity index (χ1n) is 6.43. The molecule has 0 amide bonds. The predicted octanol–water partition coefficient (Wildman–Crippen LogP) is 1.36. The average Bonchev–Trinajstić information content (AvgIpc) is 2.56. The molecule has 0 heterocycles. The summed E-state index contributed by atoms with van der Waals surface area (Å²) in [7, 11) is -3.81. The normalized spacial score (nSPS) is 11.6. The Morgan fingerprint density at radius 1 is 0.773 bits per heavy atom. The van der Waals surface area contributed by atoms with Gasteiger partial charge in [0, 0.05) is 5.56 Å². The van der Waals surface area contributed by atoms with Gasteiger partial charge in [0.1, 0.15) is 0 Å². The van der Waals surface area contributed by atoms with Crippen molar-refractivity contribution in [2.75, 3.05) is 5.73 Å². The quantitative estimate of drug-likeness (QED) is 0.737. The number of nitrogen functional groups attached to an aromatic ring is 1. The maximum atomic E-state index is 12.7. The van der Waals surface area contributed by atoms with E-state index in [0.717, 1.165) is 0 Å². The van der Waals surface area contributed by atoms with Crippen LogP contribution >= 0.6 is 0 Å². The van der Waals surface area contributed by atoms with E-state index in [1.807, 2.05) is 0 Å². The van der Waals surface area contributed by atoms with Crippen molar-refractivity contribution in [1.29, 1.82) is 0 Å². The topological polar surface area (TPSA) is 94.3 Å². The van der Waals surface area contributed by atoms with E-state index in [2.05, 4.69) is 0 Å². The van der Waals surface area contributed by atoms with Crippen LogP contribution in [0, 0.1) is 0 Å². The van der Waals surface area contributed by atoms with Crippen molar-refractivity contribution < 1.29 is 8.42 Å². The molecule has 3 aromatic carbocycles. The molecule has 0 saturated carbocycles. The molecule has 3 aromatic rings. The van der Waals surface area contributed by atoms with E-state index in [9.17, 15) is 18.0 Å². The molecule has 3 rings (SSSR count). The van der Waals surface area contributed by atoms with E-state index in [0.29, 0.717) is 0 Å². The van der Waals surface area contributed by atoms with Gasteiger partial charge in [-0.25, -0.2) is 8.42 Å². The van der Waals surface area contributed by atoms with Crippen molar-refractivity contribution in [1.82, 2.24) is 0 Å². The van der Waals surface area contributed by atoms with Gasteiger partial charge in [0.2, 0.25) is 20.7 Å². The third kappa shape index (κ3) is 1.96. The molecule has 0 radical (unpaired) electrons. The smallest absolute Gasteiger partial charge is 0.249 e. The highest BCUT2D eigenvalue weighted by atomic mass is 32.2. The SMILES string of the molecule is Nc1c(-c2ccccc2S(=O)(=O)c2ccccc2)c(=O)c1=O. The van der Waals surface area contributed by atoms with Crippen LogP contribution in [0.5, 0.6) is 0 Å². The van der Waals surface area contributed by atoms with Crippen molar-refractivity contribution in [2.24, 2.45) is 0 Å². The first-order chi connectivity index (χ1) is 10.4. The highest BCUT2D eigenvalue weighted by molar-refractivity contribution is 7.91. The Kier molecular flexibility index (Phi) is 3.18. The molecule has 110 valence electrons. The zero-order chi connectivity index (χ0) is 15.9. The van der Waals surface area contributed by atoms with Gasteiger partial charge in [-0.1, -0.05) is 36.4 Å². The Morgan fingerprint density at radius 2 is 1.36 bits per heavy atom. The highest BCUT2D eigenvalue weighted by Gasteiger charge is 2.27. The Bertz CT molecular complexity index is 1030. The number of hydrogen-bond acceptors (Lipinski definition) is 5. The van der Waals surface area contributed by atoms with E-state index in [-0.39, 0.29) is 26.6 Å². The van der Waals surface area contributed by atoms with E-state index < -0.39 is 20.7 Å². The van der Waals surface area contributed by atoms with E-state index in [1.54, 1.807) is 30.3 Å². The summed E-state index contributed by atoms with van der Waals surface area (Å²) >= 11 is 0. The molecule has 0 fully saturated rings. The molecule has 0 aromatic heterocycles. The van der Waals surface area contributed by atoms with Gasteiger partial charge < -0.3 is 5.73 Å². The molecule has 0 aliphatic rings. The summed E-state index contributed by atoms with van der Waals surface area (Å²) in [5, 5.41) is 0. The summed E-state index contributed by atoms with van der Waals surface area (Å²) < 4.78 is 25.5. The lowest BCUT2D eigenvalue weighted by atomic mass is 9.99. The number of hydrogen-bond donors (Lipinski definition) is 1. The second-order valence-corrected chi connectivity index (χ2v) is 6.68. The van der Waals surface area contributed by atoms with Gasteiger partial charge in [0.25, 0.3) is 0 Å². The molecule has 0 spiro atoms. The maximum absolute atomic E-state index is 12.7. The minimum atomic E-state index is -3.81. The zero-order valence-electron chi connectivity index (χ0n) is 11.3. The minimum Gasteiger partial charge on any atom is -0.395 e. The molecule has 6 heteroatoms. The molecule has 0 aliphatic heterocycles. The van der Waals surface area contributed by atoms with Crippen molar-refractivity contribution in [3.05, 3.63) is 75.0 Å². The van der Waals surface area contributed by atoms with Gasteiger partial charge in [-0.15, -0.1) is 0 Å². The molecular formula is C16H11NO4S. The molecule has 0 saturated heterocycles. The molecular weight excluding hydrogens is 302 g/mol. The number of sulfone groups is 1. The van der Waals surface area contributed by atoms with Gasteiger partial charge in [-0.3, -0.25) is 9.59 Å². The first kappa shape index (κ1) is 14.2. The largest absolute Gasteiger partial charge is 0.395 e. The van der Waals surface area contributed by atoms with Crippen LogP contribution in [0.2, 0.25) is 0 Å². The van der Waals surface area contributed by atoms with Crippen molar-refractivity contribution >= 4 is 15.5 Å². The van der Waals surface area contributed by atoms with E-state index in [1.165, 1.54) is 24.3 Å². The van der Waals surface area contributed by atoms with E-state index in [4.69, 9.17) is 5.73 Å². The molecule has 0 bridgehead atoms. The summed E-state index contributed by atoms with van der Waals surface area (Å²) in [5.41, 5.74) is 3.96. The Hall–Kier alpha value is -2.73. The summed E-state index contributed by atoms with van der Waals surface area (Å²) in [6, 6.07) is 13.9. The van der Waals surface area contributed by atoms with Crippen LogP contribution < -0.4 is 16.6 Å². The van der Waals surface area contributed by atoms with Crippen LogP contribution in [0.3, 0.4) is 0 Å². The fraction of sp³-hybridized carbons (Fsp3) is 0. The summed E-state index contributed by atoms with van der Waals surface area (Å²) in [6.07, 6.45) is 0. The second-order valence-electron chi connectivity index (χ2n) is 4.76. The number of nitrogens with two attached hydrogens (primary N) is 1. The van der Waals surface area contributed by atoms with Crippen molar-refractivity contribution in [3.63, 3.8) is 0 Å². The van der Waals surface area contributed by atoms with E-state index >= 15 is 0 Å². The molecule has 0 unspecified atom stereocenters. The van der Waals surface area contributed by atoms with Gasteiger partial charge in [-0.05, 0) is 18.2 Å². The summed E-state index contributed by atoms with van der Waals surface area (Å²) in [5.74, 6) is 0. The van der Waals surface area contributed by atoms with Crippen molar-refractivity contribution in [2.45, 2.75) is 9.79 Å². The third-order valence-corrected chi connectivity index (χ3v) is 5.27. The molecule has 0 aliphatic carbocycles. The van der Waals surface area contributed by atoms with Crippen LogP contribution in [-0.2, 0) is 9.84 Å². The lowest BCUT2D eigenvalue weighted by molar-refractivity contribution is 0.596. The second kappa shape index (κ2) is 4.92. The van der Waals surface area contributed by atoms with Crippen LogP contribution in [0.4, 0.5) is 5.69 Å². The maximum Gasteiger partial charge on any atom is 0.249 e.